The Morgan fingerprint density at radius 2 is 1.72 bits per heavy atom. The number of hydrogen-bond donors (Lipinski definition) is 2. The second kappa shape index (κ2) is 7.52. The molecule has 0 heterocycles. The number of nitrogens with zero attached hydrogens (tertiary/aromatic N) is 1. The highest BCUT2D eigenvalue weighted by Crippen LogP contribution is 2.23. The molecule has 0 aliphatic rings. The lowest BCUT2D eigenvalue weighted by atomic mass is 10.2. The minimum Gasteiger partial charge on any atom is -0.478 e. The maximum atomic E-state index is 13.9. The van der Waals surface area contributed by atoms with Crippen molar-refractivity contribution in [2.45, 2.75) is 18.7 Å². The molecule has 0 spiro atoms. The summed E-state index contributed by atoms with van der Waals surface area (Å²) in [5, 5.41) is 8.94. The van der Waals surface area contributed by atoms with E-state index in [2.05, 4.69) is 9.62 Å². The molecule has 134 valence electrons. The van der Waals surface area contributed by atoms with Gasteiger partial charge in [0.15, 0.2) is 0 Å². The first-order valence-corrected chi connectivity index (χ1v) is 9.17. The molecular weight excluding hydrogens is 347 g/mol. The van der Waals surface area contributed by atoms with E-state index in [-0.39, 0.29) is 11.3 Å². The van der Waals surface area contributed by atoms with Gasteiger partial charge in [0.1, 0.15) is 10.7 Å². The number of benzene rings is 2. The molecule has 25 heavy (non-hydrogen) atoms. The lowest BCUT2D eigenvalue weighted by Crippen LogP contribution is -2.21. The minimum absolute atomic E-state index is 0.260. The van der Waals surface area contributed by atoms with Gasteiger partial charge in [0.2, 0.25) is 0 Å². The summed E-state index contributed by atoms with van der Waals surface area (Å²) in [6, 6.07) is 9.29. The first-order chi connectivity index (χ1) is 11.8. The van der Waals surface area contributed by atoms with E-state index in [1.807, 2.05) is 13.8 Å². The summed E-state index contributed by atoms with van der Waals surface area (Å²) in [6.07, 6.45) is 0. The van der Waals surface area contributed by atoms with Crippen molar-refractivity contribution >= 4 is 27.4 Å². The van der Waals surface area contributed by atoms with E-state index >= 15 is 0 Å². The van der Waals surface area contributed by atoms with E-state index in [4.69, 9.17) is 5.11 Å². The first-order valence-electron chi connectivity index (χ1n) is 7.69. The summed E-state index contributed by atoms with van der Waals surface area (Å²) in [7, 11) is -4.25. The Hall–Kier alpha value is -2.61. The highest BCUT2D eigenvalue weighted by atomic mass is 32.2. The van der Waals surface area contributed by atoms with Gasteiger partial charge >= 0.3 is 5.97 Å². The van der Waals surface area contributed by atoms with Crippen molar-refractivity contribution in [3.8, 4) is 0 Å². The van der Waals surface area contributed by atoms with Gasteiger partial charge in [-0.3, -0.25) is 4.72 Å². The van der Waals surface area contributed by atoms with Crippen LogP contribution in [0.2, 0.25) is 0 Å². The van der Waals surface area contributed by atoms with Crippen molar-refractivity contribution in [3.05, 3.63) is 53.8 Å². The van der Waals surface area contributed by atoms with Gasteiger partial charge in [0, 0.05) is 24.5 Å². The van der Waals surface area contributed by atoms with Crippen LogP contribution >= 0.6 is 0 Å². The van der Waals surface area contributed by atoms with Crippen LogP contribution in [0.15, 0.2) is 47.4 Å². The second-order valence-corrected chi connectivity index (χ2v) is 6.93. The van der Waals surface area contributed by atoms with Crippen LogP contribution < -0.4 is 9.62 Å². The summed E-state index contributed by atoms with van der Waals surface area (Å²) in [5.74, 6) is -2.35. The molecule has 0 radical (unpaired) electrons. The molecule has 0 aliphatic carbocycles. The molecule has 0 unspecified atom stereocenters. The molecule has 0 fully saturated rings. The molecule has 0 bridgehead atoms. The second-order valence-electron chi connectivity index (χ2n) is 5.28. The molecule has 0 aliphatic heterocycles. The lowest BCUT2D eigenvalue weighted by molar-refractivity contribution is 0.0696. The van der Waals surface area contributed by atoms with Gasteiger partial charge in [-0.2, -0.15) is 0 Å². The fraction of sp³-hybridized carbons (Fsp3) is 0.235. The molecule has 0 saturated carbocycles. The molecule has 6 nitrogen and oxygen atoms in total. The van der Waals surface area contributed by atoms with Crippen LogP contribution in [-0.2, 0) is 10.0 Å². The highest BCUT2D eigenvalue weighted by Gasteiger charge is 2.21. The monoisotopic (exact) mass is 366 g/mol. The van der Waals surface area contributed by atoms with E-state index in [9.17, 15) is 17.6 Å². The molecule has 0 atom stereocenters. The van der Waals surface area contributed by atoms with Crippen molar-refractivity contribution in [2.24, 2.45) is 0 Å². The molecule has 0 amide bonds. The fourth-order valence-electron chi connectivity index (χ4n) is 2.38. The third-order valence-electron chi connectivity index (χ3n) is 3.72. The maximum Gasteiger partial charge on any atom is 0.335 e. The summed E-state index contributed by atoms with van der Waals surface area (Å²) >= 11 is 0. The number of carboxylic acid groups (broad SMARTS) is 1. The Bertz CT molecular complexity index is 863. The standard InChI is InChI=1S/C17H19FN2O4S/c1-3-20(4-2)14-8-6-13(7-9-14)19-25(23,24)16-11-12(17(21)22)5-10-15(16)18/h5-11,19H,3-4H2,1-2H3,(H,21,22). The number of nitrogens with one attached hydrogen (secondary N) is 1. The Kier molecular flexibility index (Phi) is 5.63. The first kappa shape index (κ1) is 18.7. The van der Waals surface area contributed by atoms with E-state index in [1.54, 1.807) is 24.3 Å². The van der Waals surface area contributed by atoms with E-state index in [0.717, 1.165) is 37.0 Å². The molecule has 8 heteroatoms. The number of sulfonamides is 1. The Morgan fingerprint density at radius 1 is 1.12 bits per heavy atom. The Balaban J connectivity index is 2.30. The molecular formula is C17H19FN2O4S. The largest absolute Gasteiger partial charge is 0.478 e. The summed E-state index contributed by atoms with van der Waals surface area (Å²) in [5.41, 5.74) is 0.890. The number of carbonyl (C=O) groups is 1. The molecule has 2 aromatic carbocycles. The van der Waals surface area contributed by atoms with E-state index < -0.39 is 26.7 Å². The topological polar surface area (TPSA) is 86.7 Å². The zero-order valence-corrected chi connectivity index (χ0v) is 14.7. The Morgan fingerprint density at radius 3 is 2.24 bits per heavy atom. The van der Waals surface area contributed by atoms with Crippen LogP contribution in [0.3, 0.4) is 0 Å². The van der Waals surface area contributed by atoms with Crippen molar-refractivity contribution in [1.29, 1.82) is 0 Å². The van der Waals surface area contributed by atoms with Gasteiger partial charge in [0.25, 0.3) is 10.0 Å². The normalized spacial score (nSPS) is 11.2. The smallest absolute Gasteiger partial charge is 0.335 e. The van der Waals surface area contributed by atoms with Gasteiger partial charge in [0.05, 0.1) is 5.56 Å². The van der Waals surface area contributed by atoms with Crippen molar-refractivity contribution in [3.63, 3.8) is 0 Å². The minimum atomic E-state index is -4.25. The quantitative estimate of drug-likeness (QED) is 0.786. The van der Waals surface area contributed by atoms with Crippen molar-refractivity contribution in [1.82, 2.24) is 0 Å². The Labute approximate surface area is 146 Å². The molecule has 2 N–H and O–H groups in total. The molecule has 0 aromatic heterocycles. The van der Waals surface area contributed by atoms with Crippen LogP contribution in [0, 0.1) is 5.82 Å². The number of anilines is 2. The van der Waals surface area contributed by atoms with Gasteiger partial charge in [-0.1, -0.05) is 0 Å². The highest BCUT2D eigenvalue weighted by molar-refractivity contribution is 7.92. The van der Waals surface area contributed by atoms with Gasteiger partial charge in [-0.05, 0) is 56.3 Å². The SMILES string of the molecule is CCN(CC)c1ccc(NS(=O)(=O)c2cc(C(=O)O)ccc2F)cc1. The van der Waals surface area contributed by atoms with Gasteiger partial charge < -0.3 is 10.0 Å². The van der Waals surface area contributed by atoms with Crippen LogP contribution in [0.5, 0.6) is 0 Å². The number of halogens is 1. The number of carboxylic acids is 1. The number of aromatic carboxylic acids is 1. The molecule has 2 rings (SSSR count). The van der Waals surface area contributed by atoms with E-state index in [1.165, 1.54) is 0 Å². The summed E-state index contributed by atoms with van der Waals surface area (Å²) < 4.78 is 40.9. The molecule has 2 aromatic rings. The fourth-order valence-corrected chi connectivity index (χ4v) is 3.54. The predicted octanol–water partition coefficient (Wildman–Crippen LogP) is 3.17. The lowest BCUT2D eigenvalue weighted by Gasteiger charge is -2.21. The zero-order chi connectivity index (χ0) is 18.6. The van der Waals surface area contributed by atoms with E-state index in [0.29, 0.717) is 0 Å². The summed E-state index contributed by atoms with van der Waals surface area (Å²) in [6.45, 7) is 5.65. The average Bonchev–Trinajstić information content (AvgIpc) is 2.57. The van der Waals surface area contributed by atoms with Gasteiger partial charge in [-0.25, -0.2) is 17.6 Å². The predicted molar refractivity (Wildman–Crippen MR) is 94.2 cm³/mol. The van der Waals surface area contributed by atoms with Crippen LogP contribution in [0.4, 0.5) is 15.8 Å². The van der Waals surface area contributed by atoms with Crippen LogP contribution in [0.25, 0.3) is 0 Å². The number of hydrogen-bond acceptors (Lipinski definition) is 4. The van der Waals surface area contributed by atoms with Crippen molar-refractivity contribution < 1.29 is 22.7 Å². The van der Waals surface area contributed by atoms with Crippen molar-refractivity contribution in [2.75, 3.05) is 22.7 Å². The average molecular weight is 366 g/mol. The van der Waals surface area contributed by atoms with Gasteiger partial charge in [-0.15, -0.1) is 0 Å². The maximum absolute atomic E-state index is 13.9. The van der Waals surface area contributed by atoms with Crippen LogP contribution in [0.1, 0.15) is 24.2 Å². The van der Waals surface area contributed by atoms with Crippen LogP contribution in [-0.4, -0.2) is 32.6 Å². The third-order valence-corrected chi connectivity index (χ3v) is 5.11. The molecule has 0 saturated heterocycles. The third kappa shape index (κ3) is 4.27. The summed E-state index contributed by atoms with van der Waals surface area (Å²) in [4.78, 5) is 12.3. The zero-order valence-electron chi connectivity index (χ0n) is 13.9. The number of rotatable bonds is 7.